The van der Waals surface area contributed by atoms with Gasteiger partial charge < -0.3 is 0 Å². The molecule has 0 aromatic heterocycles. The van der Waals surface area contributed by atoms with Crippen molar-refractivity contribution in [2.45, 2.75) is 45.4 Å². The van der Waals surface area contributed by atoms with Gasteiger partial charge in [0.25, 0.3) is 0 Å². The molecule has 0 spiro atoms. The Kier molecular flexibility index (Phi) is 9.11. The van der Waals surface area contributed by atoms with Gasteiger partial charge in [0.2, 0.25) is 0 Å². The second-order valence-electron chi connectivity index (χ2n) is 6.21. The van der Waals surface area contributed by atoms with Gasteiger partial charge in [0.15, 0.2) is 0 Å². The van der Waals surface area contributed by atoms with E-state index in [-0.39, 0.29) is 5.75 Å². The second-order valence-corrected chi connectivity index (χ2v) is 12.9. The van der Waals surface area contributed by atoms with Crippen molar-refractivity contribution in [1.29, 1.82) is 0 Å². The maximum absolute atomic E-state index is 13.2. The molecule has 150 valence electrons. The Morgan fingerprint density at radius 2 is 1.22 bits per heavy atom. The summed E-state index contributed by atoms with van der Waals surface area (Å²) in [5.41, 5.74) is 0. The van der Waals surface area contributed by atoms with Crippen molar-refractivity contribution >= 4 is 30.4 Å². The van der Waals surface area contributed by atoms with Gasteiger partial charge >= 0.3 is 169 Å². The van der Waals surface area contributed by atoms with E-state index in [1.165, 1.54) is 24.3 Å². The monoisotopic (exact) mass is 510 g/mol. The molecule has 2 rings (SSSR count). The molecule has 0 aliphatic rings. The summed E-state index contributed by atoms with van der Waals surface area (Å²) in [6.45, 7) is 2.13. The number of halogens is 3. The van der Waals surface area contributed by atoms with Gasteiger partial charge in [-0.15, -0.1) is 0 Å². The van der Waals surface area contributed by atoms with Crippen molar-refractivity contribution < 1.29 is 19.7 Å². The Labute approximate surface area is 168 Å². The number of hydrogen-bond acceptors (Lipinski definition) is 3. The van der Waals surface area contributed by atoms with Crippen LogP contribution < -0.4 is 0 Å². The molecular formula is C20H25F2IO3S. The molecule has 0 atom stereocenters. The van der Waals surface area contributed by atoms with Crippen LogP contribution in [0, 0.1) is 18.8 Å². The first-order valence-corrected chi connectivity index (χ1v) is 13.7. The van der Waals surface area contributed by atoms with E-state index in [4.69, 9.17) is 2.51 Å². The molecule has 0 N–H and O–H groups in total. The van der Waals surface area contributed by atoms with E-state index in [9.17, 15) is 17.2 Å². The van der Waals surface area contributed by atoms with Crippen molar-refractivity contribution in [2.75, 3.05) is 5.75 Å². The quantitative estimate of drug-likeness (QED) is 0.270. The normalized spacial score (nSPS) is 12.2. The second kappa shape index (κ2) is 11.1. The predicted molar refractivity (Wildman–Crippen MR) is 112 cm³/mol. The molecule has 7 heteroatoms. The third kappa shape index (κ3) is 7.83. The average molecular weight is 510 g/mol. The van der Waals surface area contributed by atoms with Gasteiger partial charge in [-0.2, -0.15) is 0 Å². The van der Waals surface area contributed by atoms with Gasteiger partial charge in [-0.25, -0.2) is 0 Å². The third-order valence-corrected chi connectivity index (χ3v) is 11.4. The molecule has 3 nitrogen and oxygen atoms in total. The molecule has 0 aliphatic heterocycles. The number of hydrogen-bond donors (Lipinski definition) is 0. The number of unbranched alkanes of at least 4 members (excludes halogenated alkanes) is 5. The Balaban J connectivity index is 2.09. The van der Waals surface area contributed by atoms with Crippen molar-refractivity contribution in [1.82, 2.24) is 0 Å². The molecule has 0 heterocycles. The molecule has 0 saturated heterocycles. The first-order chi connectivity index (χ1) is 12.9. The summed E-state index contributed by atoms with van der Waals surface area (Å²) in [5.74, 6) is -0.831. The van der Waals surface area contributed by atoms with Crippen LogP contribution >= 0.6 is 20.2 Å². The fraction of sp³-hybridized carbons (Fsp3) is 0.400. The first kappa shape index (κ1) is 22.2. The fourth-order valence-corrected chi connectivity index (χ4v) is 9.60. The summed E-state index contributed by atoms with van der Waals surface area (Å²) >= 11 is -2.82. The van der Waals surface area contributed by atoms with Crippen LogP contribution in [0.25, 0.3) is 0 Å². The molecule has 27 heavy (non-hydrogen) atoms. The van der Waals surface area contributed by atoms with Crippen LogP contribution in [0.4, 0.5) is 8.78 Å². The van der Waals surface area contributed by atoms with Crippen LogP contribution in [0.1, 0.15) is 45.4 Å². The maximum atomic E-state index is 13.2. The summed E-state index contributed by atoms with van der Waals surface area (Å²) in [5, 5.41) is 0. The van der Waals surface area contributed by atoms with E-state index in [1.807, 2.05) is 0 Å². The van der Waals surface area contributed by atoms with Gasteiger partial charge in [-0.3, -0.25) is 0 Å². The fourth-order valence-electron chi connectivity index (χ4n) is 2.47. The Hall–Kier alpha value is -1.06. The van der Waals surface area contributed by atoms with Crippen molar-refractivity contribution in [3.63, 3.8) is 0 Å². The summed E-state index contributed by atoms with van der Waals surface area (Å²) < 4.78 is 58.4. The Morgan fingerprint density at radius 1 is 0.778 bits per heavy atom. The van der Waals surface area contributed by atoms with Crippen LogP contribution in [0.3, 0.4) is 0 Å². The molecule has 0 radical (unpaired) electrons. The van der Waals surface area contributed by atoms with Crippen molar-refractivity contribution in [3.05, 3.63) is 67.3 Å². The standard InChI is InChI=1S/C20H25F2IO3S/c1-2-3-4-5-6-7-16-27(24,25)26-23(19-12-8-17(21)9-13-19)20-14-10-18(22)11-15-20/h8-15H,2-7,16H2,1H3. The summed E-state index contributed by atoms with van der Waals surface area (Å²) in [6.07, 6.45) is 5.84. The van der Waals surface area contributed by atoms with Crippen LogP contribution in [-0.4, -0.2) is 14.2 Å². The molecule has 0 fully saturated rings. The zero-order valence-corrected chi connectivity index (χ0v) is 18.3. The van der Waals surface area contributed by atoms with Gasteiger partial charge in [-0.1, -0.05) is 0 Å². The average Bonchev–Trinajstić information content (AvgIpc) is 2.64. The number of benzene rings is 2. The molecule has 2 aromatic rings. The molecule has 0 unspecified atom stereocenters. The van der Waals surface area contributed by atoms with E-state index in [0.717, 1.165) is 32.1 Å². The molecule has 0 saturated carbocycles. The van der Waals surface area contributed by atoms with Gasteiger partial charge in [-0.05, 0) is 0 Å². The van der Waals surface area contributed by atoms with Crippen molar-refractivity contribution in [2.24, 2.45) is 0 Å². The van der Waals surface area contributed by atoms with Gasteiger partial charge in [0.05, 0.1) is 0 Å². The Morgan fingerprint density at radius 3 is 1.70 bits per heavy atom. The molecular weight excluding hydrogens is 485 g/mol. The zero-order valence-electron chi connectivity index (χ0n) is 15.3. The van der Waals surface area contributed by atoms with Crippen LogP contribution in [0.5, 0.6) is 0 Å². The van der Waals surface area contributed by atoms with Gasteiger partial charge in [0, 0.05) is 0 Å². The van der Waals surface area contributed by atoms with Crippen molar-refractivity contribution in [3.8, 4) is 0 Å². The molecule has 0 aliphatic carbocycles. The number of rotatable bonds is 11. The van der Waals surface area contributed by atoms with E-state index in [0.29, 0.717) is 13.6 Å². The van der Waals surface area contributed by atoms with E-state index >= 15 is 0 Å². The summed E-state index contributed by atoms with van der Waals surface area (Å²) in [4.78, 5) is 0. The zero-order chi connectivity index (χ0) is 19.7. The SMILES string of the molecule is CCCCCCCCS(=O)(=O)OI(c1ccc(F)cc1)c1ccc(F)cc1. The van der Waals surface area contributed by atoms with E-state index in [2.05, 4.69) is 6.92 Å². The predicted octanol–water partition coefficient (Wildman–Crippen LogP) is 6.13. The van der Waals surface area contributed by atoms with E-state index in [1.54, 1.807) is 24.3 Å². The molecule has 2 aromatic carbocycles. The molecule has 0 amide bonds. The minimum atomic E-state index is -3.71. The summed E-state index contributed by atoms with van der Waals surface area (Å²) in [7, 11) is -3.71. The van der Waals surface area contributed by atoms with E-state index < -0.39 is 42.0 Å². The first-order valence-electron chi connectivity index (χ1n) is 9.05. The van der Waals surface area contributed by atoms with Crippen LogP contribution in [0.15, 0.2) is 48.5 Å². The topological polar surface area (TPSA) is 43.4 Å². The van der Waals surface area contributed by atoms with Gasteiger partial charge in [0.1, 0.15) is 0 Å². The Bertz CT molecular complexity index is 747. The minimum absolute atomic E-state index is 0.0322. The van der Waals surface area contributed by atoms with Crippen LogP contribution in [-0.2, 0) is 12.6 Å². The third-order valence-electron chi connectivity index (χ3n) is 3.91. The molecule has 0 bridgehead atoms. The summed E-state index contributed by atoms with van der Waals surface area (Å²) in [6, 6.07) is 11.3. The van der Waals surface area contributed by atoms with Crippen LogP contribution in [0.2, 0.25) is 0 Å².